The van der Waals surface area contributed by atoms with Crippen molar-refractivity contribution < 1.29 is 9.63 Å². The SMILES string of the molecule is COc1ccc([P+]2([O-])SN(c3ccccc3)C(c3ccccc3)=C(c3ccccc3)N2c2ccccc2)cc1. The third kappa shape index (κ3) is 4.81. The second-order valence-electron chi connectivity index (χ2n) is 9.01. The lowest BCUT2D eigenvalue weighted by Gasteiger charge is -2.48. The second-order valence-corrected chi connectivity index (χ2v) is 13.5. The predicted molar refractivity (Wildman–Crippen MR) is 165 cm³/mol. The monoisotopic (exact) mass is 546 g/mol. The summed E-state index contributed by atoms with van der Waals surface area (Å²) in [6.45, 7) is -3.37. The molecular formula is C33H27N2O2PS. The molecule has 0 amide bonds. The lowest BCUT2D eigenvalue weighted by atomic mass is 10.0. The van der Waals surface area contributed by atoms with E-state index in [1.54, 1.807) is 7.11 Å². The molecule has 0 spiro atoms. The van der Waals surface area contributed by atoms with Crippen molar-refractivity contribution in [2.45, 2.75) is 0 Å². The van der Waals surface area contributed by atoms with Gasteiger partial charge in [0.1, 0.15) is 16.8 Å². The number of hydrogen-bond acceptors (Lipinski definition) is 5. The lowest BCUT2D eigenvalue weighted by molar-refractivity contribution is -0.159. The van der Waals surface area contributed by atoms with E-state index < -0.39 is 6.84 Å². The Balaban J connectivity index is 1.72. The molecule has 6 heteroatoms. The molecule has 1 aliphatic heterocycles. The molecule has 4 nitrogen and oxygen atoms in total. The van der Waals surface area contributed by atoms with Gasteiger partial charge in [0.05, 0.1) is 24.2 Å². The van der Waals surface area contributed by atoms with Crippen LogP contribution < -0.4 is 23.9 Å². The van der Waals surface area contributed by atoms with Crippen molar-refractivity contribution in [2.24, 2.45) is 0 Å². The fourth-order valence-corrected chi connectivity index (χ4v) is 9.88. The molecule has 0 aliphatic carbocycles. The fraction of sp³-hybridized carbons (Fsp3) is 0.0303. The fourth-order valence-electron chi connectivity index (χ4n) is 4.74. The third-order valence-electron chi connectivity index (χ3n) is 6.58. The molecule has 0 radical (unpaired) electrons. The van der Waals surface area contributed by atoms with Crippen molar-refractivity contribution >= 4 is 46.5 Å². The minimum atomic E-state index is -3.37. The van der Waals surface area contributed by atoms with Gasteiger partial charge in [-0.2, -0.15) is 0 Å². The Kier molecular flexibility index (Phi) is 7.12. The summed E-state index contributed by atoms with van der Waals surface area (Å²) in [7, 11) is 1.64. The van der Waals surface area contributed by atoms with E-state index in [0.717, 1.165) is 44.9 Å². The number of nitrogens with zero attached hydrogens (tertiary/aromatic N) is 2. The topological polar surface area (TPSA) is 38.8 Å². The maximum absolute atomic E-state index is 15.7. The van der Waals surface area contributed by atoms with Crippen LogP contribution in [0.3, 0.4) is 0 Å². The van der Waals surface area contributed by atoms with Gasteiger partial charge >= 0.3 is 0 Å². The number of hydrogen-bond donors (Lipinski definition) is 0. The Hall–Kier alpha value is -4.02. The molecule has 0 saturated heterocycles. The van der Waals surface area contributed by atoms with Gasteiger partial charge in [-0.05, 0) is 48.5 Å². The normalized spacial score (nSPS) is 17.3. The Morgan fingerprint density at radius 2 is 1.03 bits per heavy atom. The standard InChI is InChI=1S/C33H27N2O2PS/c1-37-30-22-24-31(25-23-30)38(36)34(28-18-10-4-11-19-28)32(26-14-6-2-7-15-26)33(27-16-8-3-9-17-27)35(39-38)29-20-12-5-13-21-29/h2-25H,1H3. The maximum Gasteiger partial charge on any atom is 0.183 e. The Bertz CT molecular complexity index is 1570. The van der Waals surface area contributed by atoms with Gasteiger partial charge in [-0.25, -0.2) is 8.98 Å². The minimum absolute atomic E-state index is 0.724. The minimum Gasteiger partial charge on any atom is -0.646 e. The van der Waals surface area contributed by atoms with E-state index in [2.05, 4.69) is 45.4 Å². The van der Waals surface area contributed by atoms with Gasteiger partial charge < -0.3 is 9.63 Å². The van der Waals surface area contributed by atoms with Gasteiger partial charge in [-0.15, -0.1) is 0 Å². The summed E-state index contributed by atoms with van der Waals surface area (Å²) in [5.74, 6) is 0.724. The summed E-state index contributed by atoms with van der Waals surface area (Å²) in [6, 6.07) is 48.4. The van der Waals surface area contributed by atoms with Crippen LogP contribution in [-0.2, 0) is 0 Å². The molecule has 0 N–H and O–H groups in total. The Morgan fingerprint density at radius 1 is 0.564 bits per heavy atom. The van der Waals surface area contributed by atoms with E-state index in [0.29, 0.717) is 0 Å². The molecule has 1 atom stereocenters. The van der Waals surface area contributed by atoms with Crippen molar-refractivity contribution in [1.29, 1.82) is 0 Å². The lowest BCUT2D eigenvalue weighted by Crippen LogP contribution is -2.41. The van der Waals surface area contributed by atoms with E-state index in [1.807, 2.05) is 109 Å². The van der Waals surface area contributed by atoms with Crippen LogP contribution in [-0.4, -0.2) is 7.11 Å². The summed E-state index contributed by atoms with van der Waals surface area (Å²) in [5.41, 5.74) is 5.70. The van der Waals surface area contributed by atoms with Crippen LogP contribution >= 0.6 is 18.4 Å². The number of ether oxygens (including phenoxy) is 1. The zero-order valence-electron chi connectivity index (χ0n) is 21.4. The second kappa shape index (κ2) is 11.0. The third-order valence-corrected chi connectivity index (χ3v) is 11.5. The summed E-state index contributed by atoms with van der Waals surface area (Å²) in [4.78, 5) is 15.7. The zero-order chi connectivity index (χ0) is 26.7. The van der Waals surface area contributed by atoms with E-state index >= 15 is 4.89 Å². The van der Waals surface area contributed by atoms with Crippen molar-refractivity contribution in [3.05, 3.63) is 157 Å². The number of methoxy groups -OCH3 is 1. The van der Waals surface area contributed by atoms with Crippen LogP contribution in [0.15, 0.2) is 146 Å². The molecule has 192 valence electrons. The summed E-state index contributed by atoms with van der Waals surface area (Å²) >= 11 is 1.37. The average Bonchev–Trinajstić information content (AvgIpc) is 3.02. The van der Waals surface area contributed by atoms with Crippen molar-refractivity contribution in [3.63, 3.8) is 0 Å². The highest BCUT2D eigenvalue weighted by Gasteiger charge is 2.50. The molecule has 5 aromatic carbocycles. The van der Waals surface area contributed by atoms with Crippen molar-refractivity contribution in [1.82, 2.24) is 0 Å². The molecule has 1 aliphatic rings. The number of para-hydroxylation sites is 2. The summed E-state index contributed by atoms with van der Waals surface area (Å²) in [5, 5.41) is 0.735. The molecule has 1 heterocycles. The first-order valence-corrected chi connectivity index (χ1v) is 15.7. The van der Waals surface area contributed by atoms with Gasteiger partial charge in [-0.1, -0.05) is 97.1 Å². The van der Waals surface area contributed by atoms with Gasteiger partial charge in [-0.3, -0.25) is 0 Å². The smallest absolute Gasteiger partial charge is 0.183 e. The van der Waals surface area contributed by atoms with Crippen LogP contribution in [0.1, 0.15) is 11.1 Å². The van der Waals surface area contributed by atoms with Crippen LogP contribution in [0.25, 0.3) is 11.4 Å². The van der Waals surface area contributed by atoms with Crippen molar-refractivity contribution in [2.75, 3.05) is 16.1 Å². The van der Waals surface area contributed by atoms with E-state index in [-0.39, 0.29) is 0 Å². The molecule has 0 aromatic heterocycles. The maximum atomic E-state index is 15.7. The highest BCUT2D eigenvalue weighted by atomic mass is 32.7. The van der Waals surface area contributed by atoms with Gasteiger partial charge in [0.2, 0.25) is 0 Å². The Labute approximate surface area is 234 Å². The van der Waals surface area contributed by atoms with Gasteiger partial charge in [0.15, 0.2) is 18.4 Å². The molecule has 6 rings (SSSR count). The van der Waals surface area contributed by atoms with E-state index in [4.69, 9.17) is 4.74 Å². The summed E-state index contributed by atoms with van der Waals surface area (Å²) < 4.78 is 9.62. The van der Waals surface area contributed by atoms with Crippen LogP contribution in [0, 0.1) is 0 Å². The highest BCUT2D eigenvalue weighted by molar-refractivity contribution is 8.63. The quantitative estimate of drug-likeness (QED) is 0.162. The van der Waals surface area contributed by atoms with Gasteiger partial charge in [0, 0.05) is 11.1 Å². The molecule has 0 fully saturated rings. The molecule has 5 aromatic rings. The van der Waals surface area contributed by atoms with Crippen LogP contribution in [0.4, 0.5) is 11.4 Å². The first-order chi connectivity index (χ1) is 19.2. The number of benzene rings is 5. The largest absolute Gasteiger partial charge is 0.646 e. The van der Waals surface area contributed by atoms with Crippen LogP contribution in [0.2, 0.25) is 0 Å². The average molecular weight is 547 g/mol. The molecule has 0 bridgehead atoms. The number of anilines is 2. The molecule has 0 saturated carbocycles. The Morgan fingerprint density at radius 3 is 1.54 bits per heavy atom. The number of rotatable bonds is 6. The molecular weight excluding hydrogens is 519 g/mol. The van der Waals surface area contributed by atoms with Crippen LogP contribution in [0.5, 0.6) is 5.75 Å². The molecule has 1 unspecified atom stereocenters. The first-order valence-electron chi connectivity index (χ1n) is 12.7. The highest BCUT2D eigenvalue weighted by Crippen LogP contribution is 2.73. The van der Waals surface area contributed by atoms with E-state index in [1.165, 1.54) is 11.6 Å². The van der Waals surface area contributed by atoms with E-state index in [9.17, 15) is 0 Å². The summed E-state index contributed by atoms with van der Waals surface area (Å²) in [6.07, 6.45) is 0. The van der Waals surface area contributed by atoms with Gasteiger partial charge in [0.25, 0.3) is 0 Å². The predicted octanol–water partition coefficient (Wildman–Crippen LogP) is 7.64. The first kappa shape index (κ1) is 25.3. The van der Waals surface area contributed by atoms with Crippen molar-refractivity contribution in [3.8, 4) is 5.75 Å². The zero-order valence-corrected chi connectivity index (χ0v) is 23.1. The molecule has 39 heavy (non-hydrogen) atoms.